The fourth-order valence-electron chi connectivity index (χ4n) is 1.42. The number of hydrogen-bond donors (Lipinski definition) is 2. The highest BCUT2D eigenvalue weighted by molar-refractivity contribution is 9.10. The topological polar surface area (TPSA) is 85.2 Å². The average molecular weight is 344 g/mol. The molecule has 102 valence electrons. The van der Waals surface area contributed by atoms with Gasteiger partial charge in [-0.15, -0.1) is 11.8 Å². The van der Waals surface area contributed by atoms with Gasteiger partial charge in [0.25, 0.3) is 5.89 Å². The van der Waals surface area contributed by atoms with E-state index in [0.29, 0.717) is 24.5 Å². The van der Waals surface area contributed by atoms with Gasteiger partial charge in [-0.2, -0.15) is 4.98 Å². The van der Waals surface area contributed by atoms with Crippen molar-refractivity contribution in [3.63, 3.8) is 0 Å². The van der Waals surface area contributed by atoms with E-state index in [1.807, 2.05) is 24.3 Å². The van der Waals surface area contributed by atoms with Crippen molar-refractivity contribution in [1.29, 1.82) is 0 Å². The SMILES string of the molecule is NCCC(O)c1nc(CSc2ccc(Br)cc2)no1. The van der Waals surface area contributed by atoms with Crippen molar-refractivity contribution >= 4 is 27.7 Å². The summed E-state index contributed by atoms with van der Waals surface area (Å²) in [5.74, 6) is 1.40. The first-order valence-corrected chi connectivity index (χ1v) is 7.56. The molecule has 2 aromatic rings. The van der Waals surface area contributed by atoms with E-state index in [1.54, 1.807) is 11.8 Å². The molecule has 2 rings (SSSR count). The molecule has 0 spiro atoms. The zero-order chi connectivity index (χ0) is 13.7. The van der Waals surface area contributed by atoms with Crippen molar-refractivity contribution in [2.45, 2.75) is 23.2 Å². The van der Waals surface area contributed by atoms with Gasteiger partial charge in [0.1, 0.15) is 6.10 Å². The van der Waals surface area contributed by atoms with Crippen molar-refractivity contribution in [2.24, 2.45) is 5.73 Å². The Labute approximate surface area is 123 Å². The van der Waals surface area contributed by atoms with Gasteiger partial charge in [-0.1, -0.05) is 21.1 Å². The van der Waals surface area contributed by atoms with Crippen LogP contribution in [0.15, 0.2) is 38.2 Å². The first-order valence-electron chi connectivity index (χ1n) is 5.78. The van der Waals surface area contributed by atoms with E-state index in [4.69, 9.17) is 10.3 Å². The molecule has 19 heavy (non-hydrogen) atoms. The van der Waals surface area contributed by atoms with E-state index < -0.39 is 6.10 Å². The molecule has 1 aromatic carbocycles. The Hall–Kier alpha value is -0.890. The lowest BCUT2D eigenvalue weighted by atomic mass is 10.2. The monoisotopic (exact) mass is 343 g/mol. The Kier molecular flexibility index (Phi) is 5.38. The number of rotatable bonds is 6. The minimum Gasteiger partial charge on any atom is -0.383 e. The van der Waals surface area contributed by atoms with Gasteiger partial charge in [-0.05, 0) is 37.2 Å². The van der Waals surface area contributed by atoms with Crippen molar-refractivity contribution < 1.29 is 9.63 Å². The molecule has 3 N–H and O–H groups in total. The smallest absolute Gasteiger partial charge is 0.255 e. The number of aliphatic hydroxyl groups is 1. The van der Waals surface area contributed by atoms with Gasteiger partial charge in [0.2, 0.25) is 0 Å². The lowest BCUT2D eigenvalue weighted by Crippen LogP contribution is -2.06. The molecule has 0 fully saturated rings. The standard InChI is InChI=1S/C12H14BrN3O2S/c13-8-1-3-9(4-2-8)19-7-11-15-12(18-16-11)10(17)5-6-14/h1-4,10,17H,5-7,14H2. The maximum atomic E-state index is 9.66. The van der Waals surface area contributed by atoms with E-state index in [-0.39, 0.29) is 5.89 Å². The van der Waals surface area contributed by atoms with Crippen LogP contribution in [0.1, 0.15) is 24.2 Å². The third-order valence-electron chi connectivity index (χ3n) is 2.39. The van der Waals surface area contributed by atoms with Gasteiger partial charge in [-0.25, -0.2) is 0 Å². The molecular weight excluding hydrogens is 330 g/mol. The molecule has 0 bridgehead atoms. The van der Waals surface area contributed by atoms with Gasteiger partial charge < -0.3 is 15.4 Å². The van der Waals surface area contributed by atoms with Gasteiger partial charge >= 0.3 is 0 Å². The van der Waals surface area contributed by atoms with Crippen molar-refractivity contribution in [3.05, 3.63) is 40.5 Å². The third-order valence-corrected chi connectivity index (χ3v) is 3.93. The first kappa shape index (κ1) is 14.5. The molecule has 0 saturated carbocycles. The molecule has 0 saturated heterocycles. The molecule has 7 heteroatoms. The first-order chi connectivity index (χ1) is 9.19. The number of halogens is 1. The van der Waals surface area contributed by atoms with Crippen LogP contribution in [0.2, 0.25) is 0 Å². The highest BCUT2D eigenvalue weighted by atomic mass is 79.9. The Balaban J connectivity index is 1.91. The number of benzene rings is 1. The Morgan fingerprint density at radius 3 is 2.79 bits per heavy atom. The lowest BCUT2D eigenvalue weighted by molar-refractivity contribution is 0.127. The van der Waals surface area contributed by atoms with Crippen LogP contribution in [-0.2, 0) is 5.75 Å². The van der Waals surface area contributed by atoms with E-state index in [1.165, 1.54) is 0 Å². The quantitative estimate of drug-likeness (QED) is 0.784. The summed E-state index contributed by atoms with van der Waals surface area (Å²) in [6.07, 6.45) is -0.356. The Bertz CT molecular complexity index is 518. The number of thioether (sulfide) groups is 1. The molecule has 0 aliphatic rings. The molecule has 0 radical (unpaired) electrons. The van der Waals surface area contributed by atoms with E-state index in [0.717, 1.165) is 9.37 Å². The lowest BCUT2D eigenvalue weighted by Gasteiger charge is -2.01. The molecule has 1 aromatic heterocycles. The van der Waals surface area contributed by atoms with E-state index >= 15 is 0 Å². The van der Waals surface area contributed by atoms with Gasteiger partial charge in [0, 0.05) is 9.37 Å². The number of nitrogens with two attached hydrogens (primary N) is 1. The van der Waals surface area contributed by atoms with Crippen LogP contribution >= 0.6 is 27.7 Å². The van der Waals surface area contributed by atoms with E-state index in [9.17, 15) is 5.11 Å². The van der Waals surface area contributed by atoms with Crippen molar-refractivity contribution in [2.75, 3.05) is 6.54 Å². The summed E-state index contributed by atoms with van der Waals surface area (Å²) in [4.78, 5) is 5.27. The molecule has 0 amide bonds. The highest BCUT2D eigenvalue weighted by Crippen LogP contribution is 2.24. The minimum absolute atomic E-state index is 0.233. The third kappa shape index (κ3) is 4.31. The van der Waals surface area contributed by atoms with Crippen LogP contribution in [0.4, 0.5) is 0 Å². The zero-order valence-electron chi connectivity index (χ0n) is 10.1. The Morgan fingerprint density at radius 2 is 2.11 bits per heavy atom. The number of nitrogens with zero attached hydrogens (tertiary/aromatic N) is 2. The molecule has 1 unspecified atom stereocenters. The second-order valence-corrected chi connectivity index (χ2v) is 5.85. The molecule has 1 heterocycles. The predicted molar refractivity (Wildman–Crippen MR) is 76.6 cm³/mol. The van der Waals surface area contributed by atoms with Crippen LogP contribution in [0, 0.1) is 0 Å². The largest absolute Gasteiger partial charge is 0.383 e. The van der Waals surface area contributed by atoms with Crippen molar-refractivity contribution in [1.82, 2.24) is 10.1 Å². The van der Waals surface area contributed by atoms with Crippen LogP contribution in [0.5, 0.6) is 0 Å². The summed E-state index contributed by atoms with van der Waals surface area (Å²) in [5.41, 5.74) is 5.36. The maximum Gasteiger partial charge on any atom is 0.255 e. The van der Waals surface area contributed by atoms with Crippen LogP contribution < -0.4 is 5.73 Å². The molecule has 0 aliphatic carbocycles. The normalized spacial score (nSPS) is 12.6. The summed E-state index contributed by atoms with van der Waals surface area (Å²) >= 11 is 5.00. The number of aliphatic hydroxyl groups excluding tert-OH is 1. The summed E-state index contributed by atoms with van der Waals surface area (Å²) in [6.45, 7) is 0.381. The summed E-state index contributed by atoms with van der Waals surface area (Å²) in [7, 11) is 0. The predicted octanol–water partition coefficient (Wildman–Crippen LogP) is 2.51. The molecule has 5 nitrogen and oxygen atoms in total. The fraction of sp³-hybridized carbons (Fsp3) is 0.333. The molecule has 1 atom stereocenters. The molecular formula is C12H14BrN3O2S. The summed E-state index contributed by atoms with van der Waals surface area (Å²) < 4.78 is 6.04. The minimum atomic E-state index is -0.774. The van der Waals surface area contributed by atoms with Gasteiger partial charge in [-0.3, -0.25) is 0 Å². The van der Waals surface area contributed by atoms with Gasteiger partial charge in [0.15, 0.2) is 5.82 Å². The Morgan fingerprint density at radius 1 is 1.37 bits per heavy atom. The van der Waals surface area contributed by atoms with Gasteiger partial charge in [0.05, 0.1) is 5.75 Å². The maximum absolute atomic E-state index is 9.66. The highest BCUT2D eigenvalue weighted by Gasteiger charge is 2.15. The number of hydrogen-bond acceptors (Lipinski definition) is 6. The second kappa shape index (κ2) is 7.04. The second-order valence-electron chi connectivity index (χ2n) is 3.88. The molecule has 0 aliphatic heterocycles. The van der Waals surface area contributed by atoms with Crippen LogP contribution in [-0.4, -0.2) is 21.8 Å². The number of aromatic nitrogens is 2. The van der Waals surface area contributed by atoms with Crippen LogP contribution in [0.25, 0.3) is 0 Å². The average Bonchev–Trinajstić information content (AvgIpc) is 2.87. The fourth-order valence-corrected chi connectivity index (χ4v) is 2.43. The van der Waals surface area contributed by atoms with E-state index in [2.05, 4.69) is 26.1 Å². The van der Waals surface area contributed by atoms with Crippen molar-refractivity contribution in [3.8, 4) is 0 Å². The zero-order valence-corrected chi connectivity index (χ0v) is 12.5. The summed E-state index contributed by atoms with van der Waals surface area (Å²) in [6, 6.07) is 7.99. The summed E-state index contributed by atoms with van der Waals surface area (Å²) in [5, 5.41) is 13.5. The van der Waals surface area contributed by atoms with Crippen LogP contribution in [0.3, 0.4) is 0 Å².